The number of amides is 1. The molecule has 2 aromatic carbocycles. The summed E-state index contributed by atoms with van der Waals surface area (Å²) >= 11 is 12.8. The molecular weight excluding hydrogens is 497 g/mol. The van der Waals surface area contributed by atoms with Crippen molar-refractivity contribution in [1.82, 2.24) is 0 Å². The number of hydrogen-bond donors (Lipinski definition) is 0. The molecule has 0 saturated carbocycles. The number of nitrogens with zero attached hydrogens (tertiary/aromatic N) is 3. The molecule has 0 fully saturated rings. The van der Waals surface area contributed by atoms with Crippen molar-refractivity contribution in [2.45, 2.75) is 40.7 Å². The summed E-state index contributed by atoms with van der Waals surface area (Å²) in [4.78, 5) is 25.4. The number of halogens is 2. The molecule has 2 rings (SSSR count). The maximum absolute atomic E-state index is 13.1. The van der Waals surface area contributed by atoms with Crippen molar-refractivity contribution in [3.05, 3.63) is 35.4 Å². The van der Waals surface area contributed by atoms with Gasteiger partial charge >= 0.3 is 0 Å². The molecule has 0 spiro atoms. The second-order valence-electron chi connectivity index (χ2n) is 6.97. The number of ketones is 1. The van der Waals surface area contributed by atoms with Crippen molar-refractivity contribution < 1.29 is 28.5 Å². The van der Waals surface area contributed by atoms with Gasteiger partial charge in [-0.25, -0.2) is 4.42 Å². The quantitative estimate of drug-likeness (QED) is 0.176. The van der Waals surface area contributed by atoms with Crippen LogP contribution in [0, 0.1) is 0 Å². The molecule has 35 heavy (non-hydrogen) atoms. The van der Waals surface area contributed by atoms with Crippen molar-refractivity contribution in [3.8, 4) is 23.0 Å². The van der Waals surface area contributed by atoms with Crippen LogP contribution >= 0.6 is 23.4 Å². The minimum absolute atomic E-state index is 0.143. The van der Waals surface area contributed by atoms with E-state index in [4.69, 9.17) is 42.3 Å². The first-order valence-electron chi connectivity index (χ1n) is 11.2. The lowest BCUT2D eigenvalue weighted by Gasteiger charge is -2.19. The van der Waals surface area contributed by atoms with Crippen molar-refractivity contribution in [1.29, 1.82) is 0 Å². The molecule has 1 amide bonds. The zero-order chi connectivity index (χ0) is 26.0. The van der Waals surface area contributed by atoms with Gasteiger partial charge in [0.1, 0.15) is 22.2 Å². The van der Waals surface area contributed by atoms with Gasteiger partial charge in [0.25, 0.3) is 5.91 Å². The molecule has 0 aliphatic carbocycles. The van der Waals surface area contributed by atoms with Crippen LogP contribution in [0.4, 0.5) is 11.4 Å². The number of Topliss-reactive ketones (excluding diaryl/α,β-unsaturated/α-hetero) is 1. The summed E-state index contributed by atoms with van der Waals surface area (Å²) in [5, 5.41) is 8.14. The SMILES string of the molecule is CCOc1cc(OCC)cc(N(Cl)C(=O)C(N=Nc2ccc(OCC)c(OCC)c2Cl)C(C)=O)c1. The molecule has 0 aliphatic heterocycles. The van der Waals surface area contributed by atoms with Gasteiger partial charge in [-0.2, -0.15) is 10.2 Å². The van der Waals surface area contributed by atoms with Crippen molar-refractivity contribution >= 4 is 46.4 Å². The summed E-state index contributed by atoms with van der Waals surface area (Å²) in [6.45, 7) is 10.1. The third-order valence-corrected chi connectivity index (χ3v) is 5.16. The van der Waals surface area contributed by atoms with Crippen LogP contribution < -0.4 is 23.4 Å². The summed E-state index contributed by atoms with van der Waals surface area (Å²) in [6.07, 6.45) is 0. The molecule has 0 N–H and O–H groups in total. The van der Waals surface area contributed by atoms with Crippen LogP contribution in [0.2, 0.25) is 5.02 Å². The summed E-state index contributed by atoms with van der Waals surface area (Å²) in [5.74, 6) is 0.306. The number of benzene rings is 2. The van der Waals surface area contributed by atoms with Crippen molar-refractivity contribution in [2.75, 3.05) is 30.8 Å². The normalized spacial score (nSPS) is 11.7. The lowest BCUT2D eigenvalue weighted by Crippen LogP contribution is -2.36. The minimum atomic E-state index is -1.50. The Morgan fingerprint density at radius 3 is 2.00 bits per heavy atom. The van der Waals surface area contributed by atoms with E-state index in [-0.39, 0.29) is 16.4 Å². The predicted molar refractivity (Wildman–Crippen MR) is 135 cm³/mol. The molecule has 0 radical (unpaired) electrons. The fourth-order valence-corrected chi connectivity index (χ4v) is 3.42. The topological polar surface area (TPSA) is 99.0 Å². The second kappa shape index (κ2) is 13.7. The van der Waals surface area contributed by atoms with Crippen LogP contribution in [0.5, 0.6) is 23.0 Å². The number of rotatable bonds is 13. The summed E-state index contributed by atoms with van der Waals surface area (Å²) in [5.41, 5.74) is 0.459. The Morgan fingerprint density at radius 1 is 0.914 bits per heavy atom. The van der Waals surface area contributed by atoms with E-state index in [9.17, 15) is 9.59 Å². The Kier molecular flexibility index (Phi) is 11.1. The zero-order valence-electron chi connectivity index (χ0n) is 20.3. The van der Waals surface area contributed by atoms with Crippen LogP contribution in [0.3, 0.4) is 0 Å². The predicted octanol–water partition coefficient (Wildman–Crippen LogP) is 6.16. The van der Waals surface area contributed by atoms with Gasteiger partial charge in [0, 0.05) is 30.0 Å². The smallest absolute Gasteiger partial charge is 0.276 e. The first-order chi connectivity index (χ1) is 16.8. The van der Waals surface area contributed by atoms with E-state index in [1.54, 1.807) is 37.3 Å². The summed E-state index contributed by atoms with van der Waals surface area (Å²) in [6, 6.07) is 6.47. The highest BCUT2D eigenvalue weighted by molar-refractivity contribution is 6.39. The number of azo groups is 1. The van der Waals surface area contributed by atoms with Gasteiger partial charge in [0.05, 0.1) is 32.1 Å². The van der Waals surface area contributed by atoms with E-state index in [1.165, 1.54) is 6.92 Å². The Bertz CT molecular complexity index is 1040. The van der Waals surface area contributed by atoms with E-state index in [1.807, 2.05) is 20.8 Å². The minimum Gasteiger partial charge on any atom is -0.494 e. The average molecular weight is 526 g/mol. The number of ether oxygens (including phenoxy) is 4. The molecular formula is C24H29Cl2N3O6. The maximum atomic E-state index is 13.1. The van der Waals surface area contributed by atoms with E-state index in [0.717, 1.165) is 4.42 Å². The van der Waals surface area contributed by atoms with Gasteiger partial charge in [-0.3, -0.25) is 9.59 Å². The van der Waals surface area contributed by atoms with Crippen molar-refractivity contribution in [2.24, 2.45) is 10.2 Å². The molecule has 0 aliphatic rings. The number of anilines is 1. The van der Waals surface area contributed by atoms with E-state index in [2.05, 4.69) is 10.2 Å². The largest absolute Gasteiger partial charge is 0.494 e. The first-order valence-corrected chi connectivity index (χ1v) is 11.9. The fourth-order valence-electron chi connectivity index (χ4n) is 2.98. The third-order valence-electron chi connectivity index (χ3n) is 4.44. The molecule has 190 valence electrons. The van der Waals surface area contributed by atoms with Gasteiger partial charge in [0.15, 0.2) is 17.3 Å². The molecule has 9 nitrogen and oxygen atoms in total. The molecule has 0 heterocycles. The molecule has 0 aromatic heterocycles. The van der Waals surface area contributed by atoms with Gasteiger partial charge in [-0.1, -0.05) is 11.6 Å². The highest BCUT2D eigenvalue weighted by Gasteiger charge is 2.29. The molecule has 1 atom stereocenters. The molecule has 11 heteroatoms. The number of carbonyl (C=O) groups is 2. The maximum Gasteiger partial charge on any atom is 0.276 e. The first kappa shape index (κ1) is 28.2. The van der Waals surface area contributed by atoms with E-state index >= 15 is 0 Å². The van der Waals surface area contributed by atoms with Gasteiger partial charge in [-0.15, -0.1) is 0 Å². The Balaban J connectivity index is 2.37. The van der Waals surface area contributed by atoms with Crippen LogP contribution in [-0.2, 0) is 9.59 Å². The Labute approximate surface area is 215 Å². The lowest BCUT2D eigenvalue weighted by atomic mass is 10.2. The Morgan fingerprint density at radius 2 is 1.49 bits per heavy atom. The number of carbonyl (C=O) groups excluding carboxylic acids is 2. The molecule has 0 saturated heterocycles. The lowest BCUT2D eigenvalue weighted by molar-refractivity contribution is -0.126. The molecule has 1 unspecified atom stereocenters. The number of hydrogen-bond acceptors (Lipinski definition) is 8. The average Bonchev–Trinajstić information content (AvgIpc) is 2.82. The van der Waals surface area contributed by atoms with Gasteiger partial charge < -0.3 is 18.9 Å². The van der Waals surface area contributed by atoms with Crippen LogP contribution in [0.1, 0.15) is 34.6 Å². The van der Waals surface area contributed by atoms with Crippen LogP contribution in [0.15, 0.2) is 40.6 Å². The van der Waals surface area contributed by atoms with Crippen LogP contribution in [-0.4, -0.2) is 44.2 Å². The molecule has 2 aromatic rings. The standard InChI is InChI=1S/C24H29Cl2N3O6/c1-6-32-17-12-16(13-18(14-17)33-7-2)29(26)24(31)22(15(5)30)28-27-19-10-11-20(34-8-3)23(21(19)25)35-9-4/h10-14,22H,6-9H2,1-5H3. The van der Waals surface area contributed by atoms with Crippen LogP contribution in [0.25, 0.3) is 0 Å². The Hall–Kier alpha value is -3.04. The molecule has 0 bridgehead atoms. The summed E-state index contributed by atoms with van der Waals surface area (Å²) < 4.78 is 22.9. The summed E-state index contributed by atoms with van der Waals surface area (Å²) in [7, 11) is 0. The van der Waals surface area contributed by atoms with E-state index < -0.39 is 17.7 Å². The van der Waals surface area contributed by atoms with E-state index in [0.29, 0.717) is 49.4 Å². The highest BCUT2D eigenvalue weighted by atomic mass is 35.5. The highest BCUT2D eigenvalue weighted by Crippen LogP contribution is 2.42. The third kappa shape index (κ3) is 7.47. The van der Waals surface area contributed by atoms with Gasteiger partial charge in [-0.05, 0) is 46.8 Å². The van der Waals surface area contributed by atoms with Crippen molar-refractivity contribution in [3.63, 3.8) is 0 Å². The zero-order valence-corrected chi connectivity index (χ0v) is 21.9. The fraction of sp³-hybridized carbons (Fsp3) is 0.417. The monoisotopic (exact) mass is 525 g/mol. The van der Waals surface area contributed by atoms with Gasteiger partial charge in [0.2, 0.25) is 6.04 Å². The second-order valence-corrected chi connectivity index (χ2v) is 7.68.